The number of benzene rings is 1. The van der Waals surface area contributed by atoms with E-state index in [9.17, 15) is 9.50 Å². The Morgan fingerprint density at radius 1 is 1.50 bits per heavy atom. The molecule has 0 saturated carbocycles. The minimum atomic E-state index is -0.502. The molecule has 0 bridgehead atoms. The first kappa shape index (κ1) is 10.3. The zero-order valence-corrected chi connectivity index (χ0v) is 9.04. The molecule has 0 fully saturated rings. The van der Waals surface area contributed by atoms with E-state index < -0.39 is 11.9 Å². The van der Waals surface area contributed by atoms with Gasteiger partial charge < -0.3 is 5.11 Å². The van der Waals surface area contributed by atoms with Crippen LogP contribution in [0.4, 0.5) is 4.39 Å². The molecule has 1 nitrogen and oxygen atoms in total. The minimum Gasteiger partial charge on any atom is -0.388 e. The van der Waals surface area contributed by atoms with Gasteiger partial charge in [0.25, 0.3) is 0 Å². The Bertz CT molecular complexity index is 356. The van der Waals surface area contributed by atoms with Crippen LogP contribution in [0.15, 0.2) is 12.1 Å². The van der Waals surface area contributed by atoms with Gasteiger partial charge in [0.15, 0.2) is 0 Å². The number of fused-ring (bicyclic) bond motifs is 1. The molecule has 0 aromatic heterocycles. The number of halogens is 2. The van der Waals surface area contributed by atoms with Crippen LogP contribution in [0, 0.1) is 5.82 Å². The van der Waals surface area contributed by atoms with Crippen molar-refractivity contribution in [3.05, 3.63) is 34.1 Å². The van der Waals surface area contributed by atoms with Crippen molar-refractivity contribution in [3.63, 3.8) is 0 Å². The Kier molecular flexibility index (Phi) is 3.00. The fourth-order valence-corrected chi connectivity index (χ4v) is 2.96. The fraction of sp³-hybridized carbons (Fsp3) is 0.400. The van der Waals surface area contributed by atoms with Crippen molar-refractivity contribution < 1.29 is 9.50 Å². The average molecular weight is 233 g/mol. The van der Waals surface area contributed by atoms with E-state index in [0.29, 0.717) is 12.2 Å². The van der Waals surface area contributed by atoms with Gasteiger partial charge in [-0.05, 0) is 29.4 Å². The Morgan fingerprint density at radius 3 is 3.07 bits per heavy atom. The topological polar surface area (TPSA) is 20.2 Å². The molecule has 1 N–H and O–H groups in total. The van der Waals surface area contributed by atoms with Gasteiger partial charge in [-0.15, -0.1) is 0 Å². The molecule has 1 aliphatic rings. The van der Waals surface area contributed by atoms with E-state index in [1.165, 1.54) is 6.07 Å². The van der Waals surface area contributed by atoms with Crippen LogP contribution >= 0.6 is 23.4 Å². The summed E-state index contributed by atoms with van der Waals surface area (Å²) in [7, 11) is 0. The number of rotatable bonds is 0. The number of hydrogen-bond acceptors (Lipinski definition) is 2. The smallest absolute Gasteiger partial charge is 0.142 e. The SMILES string of the molecule is O[C@H]1CCSCc2c1ccc(F)c2Cl. The number of aliphatic hydroxyl groups is 1. The molecule has 76 valence electrons. The van der Waals surface area contributed by atoms with Gasteiger partial charge in [-0.25, -0.2) is 4.39 Å². The lowest BCUT2D eigenvalue weighted by Crippen LogP contribution is -2.00. The molecule has 1 aliphatic heterocycles. The molecule has 1 aromatic rings. The molecule has 1 heterocycles. The van der Waals surface area contributed by atoms with Crippen molar-refractivity contribution in [2.24, 2.45) is 0 Å². The van der Waals surface area contributed by atoms with Crippen molar-refractivity contribution in [3.8, 4) is 0 Å². The molecule has 2 rings (SSSR count). The minimum absolute atomic E-state index is 0.163. The van der Waals surface area contributed by atoms with Crippen LogP contribution in [-0.4, -0.2) is 10.9 Å². The van der Waals surface area contributed by atoms with Gasteiger partial charge in [-0.3, -0.25) is 0 Å². The molecule has 1 atom stereocenters. The summed E-state index contributed by atoms with van der Waals surface area (Å²) >= 11 is 7.52. The van der Waals surface area contributed by atoms with E-state index in [4.69, 9.17) is 11.6 Å². The summed E-state index contributed by atoms with van der Waals surface area (Å²) < 4.78 is 13.1. The molecular formula is C10H10ClFOS. The van der Waals surface area contributed by atoms with Gasteiger partial charge in [-0.1, -0.05) is 17.7 Å². The maximum Gasteiger partial charge on any atom is 0.142 e. The highest BCUT2D eigenvalue weighted by Crippen LogP contribution is 2.35. The highest BCUT2D eigenvalue weighted by atomic mass is 35.5. The van der Waals surface area contributed by atoms with Gasteiger partial charge in [-0.2, -0.15) is 11.8 Å². The summed E-state index contributed by atoms with van der Waals surface area (Å²) in [5.41, 5.74) is 1.53. The van der Waals surface area contributed by atoms with Crippen LogP contribution < -0.4 is 0 Å². The van der Waals surface area contributed by atoms with Crippen LogP contribution in [0.5, 0.6) is 0 Å². The lowest BCUT2D eigenvalue weighted by Gasteiger charge is -2.12. The van der Waals surface area contributed by atoms with Gasteiger partial charge >= 0.3 is 0 Å². The number of hydrogen-bond donors (Lipinski definition) is 1. The van der Waals surface area contributed by atoms with Crippen molar-refractivity contribution in [1.82, 2.24) is 0 Å². The predicted octanol–water partition coefficient (Wildman–Crippen LogP) is 3.15. The summed E-state index contributed by atoms with van der Waals surface area (Å²) in [5, 5.41) is 9.93. The second-order valence-electron chi connectivity index (χ2n) is 3.29. The first-order valence-corrected chi connectivity index (χ1v) is 5.96. The highest BCUT2D eigenvalue weighted by Gasteiger charge is 2.20. The first-order valence-electron chi connectivity index (χ1n) is 4.42. The quantitative estimate of drug-likeness (QED) is 0.742. The van der Waals surface area contributed by atoms with E-state index in [-0.39, 0.29) is 5.02 Å². The molecule has 0 radical (unpaired) electrons. The summed E-state index contributed by atoms with van der Waals surface area (Å²) in [6.07, 6.45) is 0.206. The number of aliphatic hydroxyl groups excluding tert-OH is 1. The second-order valence-corrected chi connectivity index (χ2v) is 4.77. The van der Waals surface area contributed by atoms with Gasteiger partial charge in [0, 0.05) is 5.75 Å². The highest BCUT2D eigenvalue weighted by molar-refractivity contribution is 7.98. The molecule has 1 aromatic carbocycles. The van der Waals surface area contributed by atoms with Crippen molar-refractivity contribution in [2.75, 3.05) is 5.75 Å². The second kappa shape index (κ2) is 4.09. The summed E-state index contributed by atoms with van der Waals surface area (Å²) in [5.74, 6) is 1.16. The molecule has 4 heteroatoms. The zero-order valence-electron chi connectivity index (χ0n) is 7.46. The maximum absolute atomic E-state index is 13.1. The fourth-order valence-electron chi connectivity index (χ4n) is 1.59. The van der Waals surface area contributed by atoms with E-state index >= 15 is 0 Å². The summed E-state index contributed by atoms with van der Waals surface area (Å²) in [6, 6.07) is 2.95. The van der Waals surface area contributed by atoms with Crippen molar-refractivity contribution in [2.45, 2.75) is 18.3 Å². The normalized spacial score (nSPS) is 21.5. The van der Waals surface area contributed by atoms with Crippen LogP contribution in [0.25, 0.3) is 0 Å². The predicted molar refractivity (Wildman–Crippen MR) is 57.1 cm³/mol. The van der Waals surface area contributed by atoms with E-state index in [1.54, 1.807) is 17.8 Å². The molecule has 0 saturated heterocycles. The Hall–Kier alpha value is -0.250. The van der Waals surface area contributed by atoms with Gasteiger partial charge in [0.05, 0.1) is 11.1 Å². The molecule has 0 unspecified atom stereocenters. The molecule has 0 spiro atoms. The molecular weight excluding hydrogens is 223 g/mol. The maximum atomic E-state index is 13.1. The van der Waals surface area contributed by atoms with Crippen LogP contribution in [0.2, 0.25) is 5.02 Å². The lowest BCUT2D eigenvalue weighted by molar-refractivity contribution is 0.175. The van der Waals surface area contributed by atoms with Crippen molar-refractivity contribution >= 4 is 23.4 Å². The lowest BCUT2D eigenvalue weighted by atomic mass is 10.0. The van der Waals surface area contributed by atoms with E-state index in [1.807, 2.05) is 0 Å². The van der Waals surface area contributed by atoms with Gasteiger partial charge in [0.2, 0.25) is 0 Å². The molecule has 0 amide bonds. The Balaban J connectivity index is 2.53. The molecule has 14 heavy (non-hydrogen) atoms. The van der Waals surface area contributed by atoms with E-state index in [2.05, 4.69) is 0 Å². The van der Waals surface area contributed by atoms with Crippen LogP contribution in [0.3, 0.4) is 0 Å². The van der Waals surface area contributed by atoms with Crippen molar-refractivity contribution in [1.29, 1.82) is 0 Å². The third kappa shape index (κ3) is 1.76. The Morgan fingerprint density at radius 2 is 2.29 bits per heavy atom. The average Bonchev–Trinajstić information content (AvgIpc) is 2.35. The third-order valence-electron chi connectivity index (χ3n) is 2.37. The summed E-state index contributed by atoms with van der Waals surface area (Å²) in [6.45, 7) is 0. The number of thioether (sulfide) groups is 1. The standard InChI is InChI=1S/C10H10ClFOS/c11-10-7-5-14-4-3-9(13)6(7)1-2-8(10)12/h1-2,9,13H,3-5H2/t9-/m0/s1. The monoisotopic (exact) mass is 232 g/mol. The summed E-state index contributed by atoms with van der Waals surface area (Å²) in [4.78, 5) is 0. The zero-order chi connectivity index (χ0) is 10.1. The van der Waals surface area contributed by atoms with Crippen LogP contribution in [0.1, 0.15) is 23.7 Å². The van der Waals surface area contributed by atoms with Crippen LogP contribution in [-0.2, 0) is 5.75 Å². The Labute approximate surface area is 91.3 Å². The van der Waals surface area contributed by atoms with Gasteiger partial charge in [0.1, 0.15) is 5.82 Å². The largest absolute Gasteiger partial charge is 0.388 e. The third-order valence-corrected chi connectivity index (χ3v) is 3.80. The molecule has 0 aliphatic carbocycles. The van der Waals surface area contributed by atoms with E-state index in [0.717, 1.165) is 16.9 Å². The first-order chi connectivity index (χ1) is 6.70.